The third-order valence-electron chi connectivity index (χ3n) is 0. The molecule has 0 spiro atoms. The second-order valence-electron chi connectivity index (χ2n) is 0. The van der Waals surface area contributed by atoms with Gasteiger partial charge in [0.2, 0.25) is 0 Å². The Bertz CT molecular complexity index is 6.49. The summed E-state index contributed by atoms with van der Waals surface area (Å²) in [7, 11) is 0. The third kappa shape index (κ3) is 40.6. The maximum Gasteiger partial charge on any atom is 1.00 e. The number of rotatable bonds is 0. The van der Waals surface area contributed by atoms with Gasteiger partial charge in [0.1, 0.15) is 0 Å². The van der Waals surface area contributed by atoms with Crippen molar-refractivity contribution in [2.75, 3.05) is 0 Å². The first-order valence-electron chi connectivity index (χ1n) is 0. The first-order valence-corrected chi connectivity index (χ1v) is 0. The fraction of sp³-hybridized carbons (Fsp3) is 0. The van der Waals surface area contributed by atoms with E-state index in [0.29, 0.717) is 0 Å². The fourth-order valence-corrected chi connectivity index (χ4v) is 0. The molecule has 0 heterocycles. The SMILES string of the molecule is [Na+].[Na+].[Na+].[Na+].[Na+].[Na+].[OH-].[OH-]. The van der Waals surface area contributed by atoms with Gasteiger partial charge in [-0.2, -0.15) is 0 Å². The molecule has 0 atom stereocenters. The molecule has 0 saturated carbocycles. The Labute approximate surface area is 183 Å². The smallest absolute Gasteiger partial charge is 0.870 e. The van der Waals surface area contributed by atoms with Crippen LogP contribution < -0.4 is 177 Å². The van der Waals surface area contributed by atoms with Crippen LogP contribution in [0.1, 0.15) is 0 Å². The minimum Gasteiger partial charge on any atom is -0.870 e. The van der Waals surface area contributed by atoms with Crippen LogP contribution in [0.25, 0.3) is 0 Å². The van der Waals surface area contributed by atoms with Crippen LogP contribution in [0.4, 0.5) is 0 Å². The quantitative estimate of drug-likeness (QED) is 0.340. The molecular formula is H2Na6O2+4. The summed E-state index contributed by atoms with van der Waals surface area (Å²) in [6.07, 6.45) is 0. The molecule has 0 fully saturated rings. The molecule has 8 heavy (non-hydrogen) atoms. The van der Waals surface area contributed by atoms with E-state index in [1.807, 2.05) is 0 Å². The second kappa shape index (κ2) is 52.4. The molecular weight excluding hydrogens is 170 g/mol. The van der Waals surface area contributed by atoms with Crippen LogP contribution in [-0.4, -0.2) is 11.0 Å². The van der Waals surface area contributed by atoms with Gasteiger partial charge in [0.25, 0.3) is 0 Å². The van der Waals surface area contributed by atoms with E-state index in [1.54, 1.807) is 0 Å². The predicted octanol–water partition coefficient (Wildman–Crippen LogP) is -18.3. The summed E-state index contributed by atoms with van der Waals surface area (Å²) in [6.45, 7) is 0. The van der Waals surface area contributed by atoms with Crippen molar-refractivity contribution in [3.63, 3.8) is 0 Å². The zero-order valence-corrected chi connectivity index (χ0v) is 18.9. The largest absolute Gasteiger partial charge is 1.00 e. The summed E-state index contributed by atoms with van der Waals surface area (Å²) < 4.78 is 0. The molecule has 0 aliphatic rings. The number of hydrogen-bond donors (Lipinski definition) is 0. The van der Waals surface area contributed by atoms with Crippen LogP contribution in [0.15, 0.2) is 0 Å². The predicted molar refractivity (Wildman–Crippen MR) is 3.87 cm³/mol. The molecule has 0 rings (SSSR count). The summed E-state index contributed by atoms with van der Waals surface area (Å²) in [5, 5.41) is 0. The summed E-state index contributed by atoms with van der Waals surface area (Å²) in [5.74, 6) is 0. The van der Waals surface area contributed by atoms with Crippen LogP contribution in [0.2, 0.25) is 0 Å². The molecule has 0 aromatic rings. The van der Waals surface area contributed by atoms with Gasteiger partial charge in [-0.15, -0.1) is 0 Å². The van der Waals surface area contributed by atoms with E-state index in [0.717, 1.165) is 0 Å². The van der Waals surface area contributed by atoms with Gasteiger partial charge >= 0.3 is 177 Å². The summed E-state index contributed by atoms with van der Waals surface area (Å²) in [4.78, 5) is 0. The van der Waals surface area contributed by atoms with Crippen LogP contribution >= 0.6 is 0 Å². The van der Waals surface area contributed by atoms with E-state index in [2.05, 4.69) is 0 Å². The average molecular weight is 172 g/mol. The molecule has 0 aliphatic heterocycles. The molecule has 2 nitrogen and oxygen atoms in total. The van der Waals surface area contributed by atoms with E-state index >= 15 is 0 Å². The van der Waals surface area contributed by atoms with Gasteiger partial charge in [0.15, 0.2) is 0 Å². The van der Waals surface area contributed by atoms with Crippen molar-refractivity contribution >= 4 is 0 Å². The Morgan fingerprint density at radius 3 is 0.250 bits per heavy atom. The van der Waals surface area contributed by atoms with Crippen molar-refractivity contribution in [2.45, 2.75) is 0 Å². The van der Waals surface area contributed by atoms with Gasteiger partial charge in [-0.3, -0.25) is 0 Å². The van der Waals surface area contributed by atoms with Crippen LogP contribution in [0.5, 0.6) is 0 Å². The standard InChI is InChI=1S/6Na.2H2O/h;;;;;;2*1H2/q6*+1;;/p-2. The van der Waals surface area contributed by atoms with Crippen molar-refractivity contribution < 1.29 is 188 Å². The summed E-state index contributed by atoms with van der Waals surface area (Å²) in [6, 6.07) is 0. The van der Waals surface area contributed by atoms with E-state index in [9.17, 15) is 0 Å². The molecule has 0 radical (unpaired) electrons. The van der Waals surface area contributed by atoms with Gasteiger partial charge in [0.05, 0.1) is 0 Å². The molecule has 0 unspecified atom stereocenters. The van der Waals surface area contributed by atoms with Crippen molar-refractivity contribution in [2.24, 2.45) is 0 Å². The molecule has 16 valence electrons. The van der Waals surface area contributed by atoms with Crippen molar-refractivity contribution in [1.29, 1.82) is 0 Å². The normalized spacial score (nSPS) is 0. The topological polar surface area (TPSA) is 60.0 Å². The minimum absolute atomic E-state index is 0. The van der Waals surface area contributed by atoms with Gasteiger partial charge in [0, 0.05) is 0 Å². The van der Waals surface area contributed by atoms with Crippen molar-refractivity contribution in [1.82, 2.24) is 0 Å². The molecule has 0 aliphatic carbocycles. The second-order valence-corrected chi connectivity index (χ2v) is 0. The zero-order valence-electron chi connectivity index (χ0n) is 6.89. The third-order valence-corrected chi connectivity index (χ3v) is 0. The Balaban J connectivity index is 0. The van der Waals surface area contributed by atoms with Crippen LogP contribution in [0, 0.1) is 0 Å². The van der Waals surface area contributed by atoms with Gasteiger partial charge in [-0.1, -0.05) is 0 Å². The molecule has 0 amide bonds. The Morgan fingerprint density at radius 1 is 0.250 bits per heavy atom. The molecule has 0 aromatic heterocycles. The van der Waals surface area contributed by atoms with Gasteiger partial charge in [-0.05, 0) is 0 Å². The summed E-state index contributed by atoms with van der Waals surface area (Å²) in [5.41, 5.74) is 0. The van der Waals surface area contributed by atoms with E-state index < -0.39 is 0 Å². The monoisotopic (exact) mass is 172 g/mol. The van der Waals surface area contributed by atoms with Crippen LogP contribution in [-0.2, 0) is 0 Å². The van der Waals surface area contributed by atoms with E-state index in [1.165, 1.54) is 0 Å². The molecule has 0 saturated heterocycles. The molecule has 0 bridgehead atoms. The molecule has 0 aromatic carbocycles. The maximum absolute atomic E-state index is 0. The Morgan fingerprint density at radius 2 is 0.250 bits per heavy atom. The Kier molecular flexibility index (Phi) is 434. The maximum atomic E-state index is 0. The van der Waals surface area contributed by atoms with E-state index in [-0.39, 0.29) is 188 Å². The van der Waals surface area contributed by atoms with Gasteiger partial charge < -0.3 is 11.0 Å². The molecule has 2 N–H and O–H groups in total. The first-order chi connectivity index (χ1) is 0. The molecule has 8 heteroatoms. The Hall–Kier alpha value is 5.92. The van der Waals surface area contributed by atoms with E-state index in [4.69, 9.17) is 0 Å². The van der Waals surface area contributed by atoms with Crippen LogP contribution in [0.3, 0.4) is 0 Å². The first kappa shape index (κ1) is 66.3. The average Bonchev–Trinajstić information content (AvgIpc) is 0. The zero-order chi connectivity index (χ0) is 0. The fourth-order valence-electron chi connectivity index (χ4n) is 0. The van der Waals surface area contributed by atoms with Crippen molar-refractivity contribution in [3.8, 4) is 0 Å². The van der Waals surface area contributed by atoms with Gasteiger partial charge in [-0.25, -0.2) is 0 Å². The van der Waals surface area contributed by atoms with Crippen molar-refractivity contribution in [3.05, 3.63) is 0 Å². The number of hydrogen-bond acceptors (Lipinski definition) is 2. The minimum atomic E-state index is 0. The summed E-state index contributed by atoms with van der Waals surface area (Å²) >= 11 is 0.